The molecular formula is C18H25N5O2S. The molecule has 2 aromatic rings. The van der Waals surface area contributed by atoms with Crippen LogP contribution in [0.2, 0.25) is 0 Å². The van der Waals surface area contributed by atoms with Crippen LogP contribution in [0.25, 0.3) is 0 Å². The summed E-state index contributed by atoms with van der Waals surface area (Å²) in [5.74, 6) is 0. The van der Waals surface area contributed by atoms with Crippen LogP contribution in [0.15, 0.2) is 36.1 Å². The van der Waals surface area contributed by atoms with E-state index in [9.17, 15) is 9.90 Å². The van der Waals surface area contributed by atoms with Gasteiger partial charge in [0.2, 0.25) is 0 Å². The predicted octanol–water partition coefficient (Wildman–Crippen LogP) is 1.71. The molecule has 0 aliphatic carbocycles. The number of nitrogens with zero attached hydrogens (tertiary/aromatic N) is 4. The molecule has 140 valence electrons. The van der Waals surface area contributed by atoms with Crippen LogP contribution >= 0.6 is 11.3 Å². The van der Waals surface area contributed by atoms with E-state index in [4.69, 9.17) is 0 Å². The Labute approximate surface area is 157 Å². The predicted molar refractivity (Wildman–Crippen MR) is 101 cm³/mol. The maximum Gasteiger partial charge on any atom is 0.318 e. The second kappa shape index (κ2) is 9.61. The van der Waals surface area contributed by atoms with Crippen LogP contribution < -0.4 is 5.32 Å². The second-order valence-corrected chi connectivity index (χ2v) is 7.41. The number of likely N-dealkylation sites (tertiary alicyclic amines) is 1. The van der Waals surface area contributed by atoms with Gasteiger partial charge in [-0.25, -0.2) is 9.78 Å². The molecule has 0 aromatic carbocycles. The number of aromatic nitrogens is 2. The number of nitrogens with one attached hydrogen (secondary N) is 1. The van der Waals surface area contributed by atoms with Crippen molar-refractivity contribution in [1.29, 1.82) is 0 Å². The summed E-state index contributed by atoms with van der Waals surface area (Å²) in [6.45, 7) is 3.53. The van der Waals surface area contributed by atoms with Gasteiger partial charge >= 0.3 is 6.03 Å². The number of aliphatic hydroxyl groups is 1. The number of aliphatic hydroxyl groups excluding tert-OH is 1. The normalized spacial score (nSPS) is 15.7. The fourth-order valence-electron chi connectivity index (χ4n) is 3.12. The third-order valence-corrected chi connectivity index (χ3v) is 5.30. The minimum atomic E-state index is -0.123. The van der Waals surface area contributed by atoms with Crippen molar-refractivity contribution in [2.24, 2.45) is 0 Å². The molecule has 0 atom stereocenters. The fraction of sp³-hybridized carbons (Fsp3) is 0.500. The van der Waals surface area contributed by atoms with Crippen molar-refractivity contribution in [1.82, 2.24) is 25.1 Å². The summed E-state index contributed by atoms with van der Waals surface area (Å²) in [7, 11) is 0. The van der Waals surface area contributed by atoms with Gasteiger partial charge in [-0.3, -0.25) is 9.88 Å². The summed E-state index contributed by atoms with van der Waals surface area (Å²) in [6, 6.07) is 4.13. The number of amides is 2. The molecule has 0 bridgehead atoms. The zero-order chi connectivity index (χ0) is 18.2. The van der Waals surface area contributed by atoms with Crippen LogP contribution in [0.3, 0.4) is 0 Å². The third-order valence-electron chi connectivity index (χ3n) is 4.54. The molecule has 2 N–H and O–H groups in total. The first kappa shape index (κ1) is 18.8. The second-order valence-electron chi connectivity index (χ2n) is 6.43. The lowest BCUT2D eigenvalue weighted by Gasteiger charge is -2.33. The van der Waals surface area contributed by atoms with Crippen LogP contribution in [-0.2, 0) is 13.1 Å². The Hall–Kier alpha value is -2.03. The number of rotatable bonds is 7. The summed E-state index contributed by atoms with van der Waals surface area (Å²) >= 11 is 1.52. The monoisotopic (exact) mass is 375 g/mol. The van der Waals surface area contributed by atoms with E-state index in [1.165, 1.54) is 16.9 Å². The average Bonchev–Trinajstić information content (AvgIpc) is 3.17. The first-order valence-corrected chi connectivity index (χ1v) is 9.78. The van der Waals surface area contributed by atoms with Crippen molar-refractivity contribution in [3.05, 3.63) is 46.7 Å². The summed E-state index contributed by atoms with van der Waals surface area (Å²) in [5.41, 5.74) is 1.26. The van der Waals surface area contributed by atoms with E-state index in [0.717, 1.165) is 37.5 Å². The largest absolute Gasteiger partial charge is 0.395 e. The Balaban J connectivity index is 1.45. The molecule has 3 heterocycles. The standard InChI is InChI=1S/C18H25N5O2S/c24-11-10-23(14-17-20-7-12-26-17)18(25)21-16-3-8-22(9-4-16)13-15-1-5-19-6-2-15/h1-2,5-7,12,16,24H,3-4,8-11,13-14H2,(H,21,25). The zero-order valence-corrected chi connectivity index (χ0v) is 15.6. The van der Waals surface area contributed by atoms with Gasteiger partial charge in [0.25, 0.3) is 0 Å². The Morgan fingerprint density at radius 1 is 1.31 bits per heavy atom. The molecule has 1 fully saturated rings. The highest BCUT2D eigenvalue weighted by atomic mass is 32.1. The van der Waals surface area contributed by atoms with Gasteiger partial charge in [0.05, 0.1) is 13.2 Å². The quantitative estimate of drug-likeness (QED) is 0.770. The van der Waals surface area contributed by atoms with Crippen molar-refractivity contribution in [3.8, 4) is 0 Å². The molecule has 7 nitrogen and oxygen atoms in total. The molecule has 1 saturated heterocycles. The number of hydrogen-bond donors (Lipinski definition) is 2. The highest BCUT2D eigenvalue weighted by molar-refractivity contribution is 7.09. The molecule has 0 radical (unpaired) electrons. The van der Waals surface area contributed by atoms with E-state index in [2.05, 4.69) is 20.2 Å². The fourth-order valence-corrected chi connectivity index (χ4v) is 3.75. The maximum atomic E-state index is 12.6. The molecule has 1 aliphatic rings. The van der Waals surface area contributed by atoms with Crippen LogP contribution in [0.5, 0.6) is 0 Å². The lowest BCUT2D eigenvalue weighted by molar-refractivity contribution is 0.156. The molecular weight excluding hydrogens is 350 g/mol. The molecule has 0 unspecified atom stereocenters. The first-order chi connectivity index (χ1) is 12.7. The average molecular weight is 375 g/mol. The van der Waals surface area contributed by atoms with Crippen molar-refractivity contribution >= 4 is 17.4 Å². The SMILES string of the molecule is O=C(NC1CCN(Cc2ccncc2)CC1)N(CCO)Cc1nccs1. The number of carbonyl (C=O) groups excluding carboxylic acids is 1. The van der Waals surface area contributed by atoms with E-state index < -0.39 is 0 Å². The molecule has 0 spiro atoms. The Kier molecular flexibility index (Phi) is 6.93. The third kappa shape index (κ3) is 5.48. The van der Waals surface area contributed by atoms with Gasteiger partial charge in [-0.05, 0) is 30.5 Å². The van der Waals surface area contributed by atoms with Gasteiger partial charge in [0, 0.05) is 56.2 Å². The Morgan fingerprint density at radius 2 is 2.08 bits per heavy atom. The van der Waals surface area contributed by atoms with E-state index in [-0.39, 0.29) is 18.7 Å². The number of carbonyl (C=O) groups is 1. The highest BCUT2D eigenvalue weighted by Gasteiger charge is 2.23. The highest BCUT2D eigenvalue weighted by Crippen LogP contribution is 2.15. The van der Waals surface area contributed by atoms with E-state index in [1.807, 2.05) is 29.9 Å². The van der Waals surface area contributed by atoms with Crippen LogP contribution in [-0.4, -0.2) is 63.2 Å². The van der Waals surface area contributed by atoms with Gasteiger partial charge in [0.1, 0.15) is 5.01 Å². The minimum Gasteiger partial charge on any atom is -0.395 e. The number of piperidine rings is 1. The van der Waals surface area contributed by atoms with Gasteiger partial charge < -0.3 is 15.3 Å². The van der Waals surface area contributed by atoms with Crippen molar-refractivity contribution in [2.45, 2.75) is 32.0 Å². The molecule has 2 aromatic heterocycles. The van der Waals surface area contributed by atoms with Gasteiger partial charge in [-0.1, -0.05) is 0 Å². The van der Waals surface area contributed by atoms with E-state index >= 15 is 0 Å². The number of pyridine rings is 1. The van der Waals surface area contributed by atoms with Crippen LogP contribution in [0, 0.1) is 0 Å². The Bertz CT molecular complexity index is 659. The van der Waals surface area contributed by atoms with Gasteiger partial charge in [-0.2, -0.15) is 0 Å². The number of hydrogen-bond acceptors (Lipinski definition) is 6. The van der Waals surface area contributed by atoms with Crippen molar-refractivity contribution < 1.29 is 9.90 Å². The lowest BCUT2D eigenvalue weighted by atomic mass is 10.0. The molecule has 3 rings (SSSR count). The molecule has 1 aliphatic heterocycles. The van der Waals surface area contributed by atoms with Gasteiger partial charge in [-0.15, -0.1) is 11.3 Å². The topological polar surface area (TPSA) is 81.6 Å². The van der Waals surface area contributed by atoms with Crippen molar-refractivity contribution in [2.75, 3.05) is 26.2 Å². The summed E-state index contributed by atoms with van der Waals surface area (Å²) in [4.78, 5) is 24.9. The van der Waals surface area contributed by atoms with Crippen LogP contribution in [0.4, 0.5) is 4.79 Å². The molecule has 26 heavy (non-hydrogen) atoms. The van der Waals surface area contributed by atoms with Gasteiger partial charge in [0.15, 0.2) is 0 Å². The number of thiazole rings is 1. The zero-order valence-electron chi connectivity index (χ0n) is 14.8. The van der Waals surface area contributed by atoms with E-state index in [1.54, 1.807) is 11.1 Å². The smallest absolute Gasteiger partial charge is 0.318 e. The van der Waals surface area contributed by atoms with Crippen LogP contribution in [0.1, 0.15) is 23.4 Å². The molecule has 0 saturated carbocycles. The minimum absolute atomic E-state index is 0.0524. The number of urea groups is 1. The lowest BCUT2D eigenvalue weighted by Crippen LogP contribution is -2.49. The van der Waals surface area contributed by atoms with Crippen molar-refractivity contribution in [3.63, 3.8) is 0 Å². The summed E-state index contributed by atoms with van der Waals surface area (Å²) in [6.07, 6.45) is 7.23. The summed E-state index contributed by atoms with van der Waals surface area (Å²) < 4.78 is 0. The summed E-state index contributed by atoms with van der Waals surface area (Å²) in [5, 5.41) is 15.1. The first-order valence-electron chi connectivity index (χ1n) is 8.90. The van der Waals surface area contributed by atoms with E-state index in [0.29, 0.717) is 13.1 Å². The molecule has 2 amide bonds. The Morgan fingerprint density at radius 3 is 2.73 bits per heavy atom. The maximum absolute atomic E-state index is 12.6. The molecule has 8 heteroatoms.